The van der Waals surface area contributed by atoms with Crippen molar-refractivity contribution >= 4 is 18.0 Å². The average molecular weight is 358 g/mol. The molecule has 25 heavy (non-hydrogen) atoms. The Morgan fingerprint density at radius 3 is 1.84 bits per heavy atom. The molecule has 2 bridgehead atoms. The van der Waals surface area contributed by atoms with E-state index in [4.69, 9.17) is 24.5 Å². The van der Waals surface area contributed by atoms with Gasteiger partial charge < -0.3 is 25.6 Å². The van der Waals surface area contributed by atoms with Crippen molar-refractivity contribution in [3.05, 3.63) is 0 Å². The molecule has 2 atom stereocenters. The summed E-state index contributed by atoms with van der Waals surface area (Å²) in [6.45, 7) is 7.78. The lowest BCUT2D eigenvalue weighted by molar-refractivity contribution is -0.159. The first-order valence-corrected chi connectivity index (χ1v) is 8.76. The SMILES string of the molecule is CC(C)(C)OC(=O)NC1C2CCCCCC1CNC2.O=C(O)C(=O)O. The molecule has 0 aromatic heterocycles. The lowest BCUT2D eigenvalue weighted by Gasteiger charge is -2.41. The van der Waals surface area contributed by atoms with Gasteiger partial charge in [-0.15, -0.1) is 0 Å². The third-order valence-corrected chi connectivity index (χ3v) is 4.34. The Hall–Kier alpha value is -1.83. The summed E-state index contributed by atoms with van der Waals surface area (Å²) in [4.78, 5) is 30.2. The number of fused-ring (bicyclic) bond motifs is 2. The van der Waals surface area contributed by atoms with Crippen molar-refractivity contribution in [2.75, 3.05) is 13.1 Å². The van der Waals surface area contributed by atoms with E-state index in [1.807, 2.05) is 20.8 Å². The van der Waals surface area contributed by atoms with Crippen molar-refractivity contribution in [2.24, 2.45) is 11.8 Å². The number of aliphatic carboxylic acids is 2. The standard InChI is InChI=1S/C15H28N2O2.C2H2O4/c1-15(2,3)19-14(18)17-13-11-7-5-4-6-8-12(13)10-16-9-11;3-1(4)2(5)6/h11-13,16H,4-10H2,1-3H3,(H,17,18);(H,3,4)(H,5,6). The van der Waals surface area contributed by atoms with Crippen molar-refractivity contribution < 1.29 is 29.3 Å². The molecular formula is C17H30N2O6. The van der Waals surface area contributed by atoms with E-state index in [9.17, 15) is 4.79 Å². The average Bonchev–Trinajstić information content (AvgIpc) is 2.47. The number of piperidine rings is 1. The van der Waals surface area contributed by atoms with E-state index < -0.39 is 17.5 Å². The zero-order valence-corrected chi connectivity index (χ0v) is 15.2. The summed E-state index contributed by atoms with van der Waals surface area (Å²) < 4.78 is 5.41. The van der Waals surface area contributed by atoms with E-state index in [1.165, 1.54) is 32.1 Å². The number of carboxylic acids is 2. The second-order valence-electron chi connectivity index (χ2n) is 7.60. The summed E-state index contributed by atoms with van der Waals surface area (Å²) in [5.74, 6) is -2.52. The number of amides is 1. The molecule has 1 amide bonds. The molecule has 8 heteroatoms. The quantitative estimate of drug-likeness (QED) is 0.527. The van der Waals surface area contributed by atoms with Crippen molar-refractivity contribution in [1.82, 2.24) is 10.6 Å². The van der Waals surface area contributed by atoms with Crippen LogP contribution in [0.15, 0.2) is 0 Å². The summed E-state index contributed by atoms with van der Waals surface area (Å²) in [6.07, 6.45) is 6.08. The van der Waals surface area contributed by atoms with Gasteiger partial charge in [-0.3, -0.25) is 0 Å². The number of carbonyl (C=O) groups excluding carboxylic acids is 1. The van der Waals surface area contributed by atoms with E-state index in [1.54, 1.807) is 0 Å². The van der Waals surface area contributed by atoms with Crippen LogP contribution < -0.4 is 10.6 Å². The maximum atomic E-state index is 12.0. The Kier molecular flexibility index (Phi) is 8.15. The van der Waals surface area contributed by atoms with Gasteiger partial charge in [0.05, 0.1) is 0 Å². The van der Waals surface area contributed by atoms with Crippen LogP contribution in [0.5, 0.6) is 0 Å². The van der Waals surface area contributed by atoms with E-state index in [0.29, 0.717) is 11.8 Å². The van der Waals surface area contributed by atoms with Crippen LogP contribution in [0, 0.1) is 11.8 Å². The number of carboxylic acid groups (broad SMARTS) is 2. The predicted octanol–water partition coefficient (Wildman–Crippen LogP) is 1.84. The Labute approximate surface area is 148 Å². The fourth-order valence-electron chi connectivity index (χ4n) is 3.33. The fraction of sp³-hybridized carbons (Fsp3) is 0.824. The van der Waals surface area contributed by atoms with Gasteiger partial charge in [-0.25, -0.2) is 14.4 Å². The zero-order valence-electron chi connectivity index (χ0n) is 15.2. The molecule has 2 unspecified atom stereocenters. The lowest BCUT2D eigenvalue weighted by Crippen LogP contribution is -2.56. The number of alkyl carbamates (subject to hydrolysis) is 1. The lowest BCUT2D eigenvalue weighted by atomic mass is 9.77. The molecule has 1 aliphatic carbocycles. The number of carbonyl (C=O) groups is 3. The van der Waals surface area contributed by atoms with Crippen LogP contribution in [0.2, 0.25) is 0 Å². The van der Waals surface area contributed by atoms with Crippen LogP contribution in [0.4, 0.5) is 4.79 Å². The zero-order chi connectivity index (χ0) is 19.0. The number of hydrogen-bond acceptors (Lipinski definition) is 5. The topological polar surface area (TPSA) is 125 Å². The minimum Gasteiger partial charge on any atom is -0.473 e. The van der Waals surface area contributed by atoms with Crippen LogP contribution in [0.1, 0.15) is 52.9 Å². The largest absolute Gasteiger partial charge is 0.473 e. The Balaban J connectivity index is 0.000000450. The Morgan fingerprint density at radius 2 is 1.44 bits per heavy atom. The Bertz CT molecular complexity index is 448. The molecule has 1 saturated heterocycles. The first-order valence-electron chi connectivity index (χ1n) is 8.76. The molecule has 8 nitrogen and oxygen atoms in total. The molecule has 2 aliphatic rings. The van der Waals surface area contributed by atoms with Gasteiger partial charge in [-0.05, 0) is 58.5 Å². The van der Waals surface area contributed by atoms with Crippen molar-refractivity contribution in [3.8, 4) is 0 Å². The maximum Gasteiger partial charge on any atom is 0.414 e. The van der Waals surface area contributed by atoms with Crippen molar-refractivity contribution in [3.63, 3.8) is 0 Å². The minimum atomic E-state index is -1.82. The first kappa shape index (κ1) is 21.2. The fourth-order valence-corrected chi connectivity index (χ4v) is 3.33. The number of nitrogens with one attached hydrogen (secondary N) is 2. The molecule has 1 aliphatic heterocycles. The molecule has 1 heterocycles. The first-order chi connectivity index (χ1) is 11.6. The molecule has 0 aromatic rings. The Morgan fingerprint density at radius 1 is 0.960 bits per heavy atom. The molecular weight excluding hydrogens is 328 g/mol. The van der Waals surface area contributed by atoms with Crippen molar-refractivity contribution in [2.45, 2.75) is 64.5 Å². The summed E-state index contributed by atoms with van der Waals surface area (Å²) in [5.41, 5.74) is -0.418. The van der Waals surface area contributed by atoms with Gasteiger partial charge >= 0.3 is 18.0 Å². The highest BCUT2D eigenvalue weighted by Crippen LogP contribution is 2.29. The van der Waals surface area contributed by atoms with E-state index in [-0.39, 0.29) is 12.1 Å². The van der Waals surface area contributed by atoms with E-state index >= 15 is 0 Å². The van der Waals surface area contributed by atoms with Gasteiger partial charge in [-0.1, -0.05) is 19.3 Å². The number of rotatable bonds is 1. The normalized spacial score (nSPS) is 26.1. The third kappa shape index (κ3) is 8.20. The van der Waals surface area contributed by atoms with Crippen molar-refractivity contribution in [1.29, 1.82) is 0 Å². The van der Waals surface area contributed by atoms with Gasteiger partial charge in [0.25, 0.3) is 0 Å². The summed E-state index contributed by atoms with van der Waals surface area (Å²) in [7, 11) is 0. The third-order valence-electron chi connectivity index (χ3n) is 4.34. The van der Waals surface area contributed by atoms with Crippen LogP contribution >= 0.6 is 0 Å². The molecule has 0 spiro atoms. The highest BCUT2D eigenvalue weighted by molar-refractivity contribution is 6.27. The van der Waals surface area contributed by atoms with Crippen LogP contribution in [-0.4, -0.2) is 53.0 Å². The molecule has 0 radical (unpaired) electrons. The molecule has 2 fully saturated rings. The highest BCUT2D eigenvalue weighted by atomic mass is 16.6. The molecule has 4 N–H and O–H groups in total. The van der Waals surface area contributed by atoms with Gasteiger partial charge in [-0.2, -0.15) is 0 Å². The maximum absolute atomic E-state index is 12.0. The smallest absolute Gasteiger partial charge is 0.414 e. The van der Waals surface area contributed by atoms with Crippen LogP contribution in [-0.2, 0) is 14.3 Å². The molecule has 0 aromatic carbocycles. The molecule has 2 rings (SSSR count). The van der Waals surface area contributed by atoms with Gasteiger partial charge in [0.1, 0.15) is 5.60 Å². The second kappa shape index (κ2) is 9.60. The number of ether oxygens (including phenoxy) is 1. The summed E-state index contributed by atoms with van der Waals surface area (Å²) in [5, 5.41) is 21.4. The van der Waals surface area contributed by atoms with Crippen LogP contribution in [0.3, 0.4) is 0 Å². The van der Waals surface area contributed by atoms with Gasteiger partial charge in [0.15, 0.2) is 0 Å². The molecule has 1 saturated carbocycles. The second-order valence-corrected chi connectivity index (χ2v) is 7.60. The van der Waals surface area contributed by atoms with E-state index in [2.05, 4.69) is 10.6 Å². The minimum absolute atomic E-state index is 0.255. The predicted molar refractivity (Wildman–Crippen MR) is 91.4 cm³/mol. The number of hydrogen-bond donors (Lipinski definition) is 4. The summed E-state index contributed by atoms with van der Waals surface area (Å²) in [6, 6.07) is 0.288. The van der Waals surface area contributed by atoms with Gasteiger partial charge in [0, 0.05) is 6.04 Å². The summed E-state index contributed by atoms with van der Waals surface area (Å²) >= 11 is 0. The molecule has 144 valence electrons. The highest BCUT2D eigenvalue weighted by Gasteiger charge is 2.35. The monoisotopic (exact) mass is 358 g/mol. The van der Waals surface area contributed by atoms with E-state index in [0.717, 1.165) is 13.1 Å². The van der Waals surface area contributed by atoms with Crippen LogP contribution in [0.25, 0.3) is 0 Å². The van der Waals surface area contributed by atoms with Gasteiger partial charge in [0.2, 0.25) is 0 Å².